The van der Waals surface area contributed by atoms with Gasteiger partial charge in [-0.2, -0.15) is 0 Å². The Bertz CT molecular complexity index is 366. The number of carbonyl (C=O) groups excluding carboxylic acids is 1. The maximum absolute atomic E-state index is 11.4. The molecule has 1 heterocycles. The van der Waals surface area contributed by atoms with Crippen molar-refractivity contribution in [3.8, 4) is 0 Å². The first kappa shape index (κ1) is 10.1. The number of nitrogens with zero attached hydrogens (tertiary/aromatic N) is 1. The Morgan fingerprint density at radius 2 is 2.20 bits per heavy atom. The summed E-state index contributed by atoms with van der Waals surface area (Å²) >= 11 is 4.77. The van der Waals surface area contributed by atoms with Crippen molar-refractivity contribution in [1.82, 2.24) is 4.90 Å². The number of amides is 1. The van der Waals surface area contributed by atoms with E-state index in [1.807, 2.05) is 30.3 Å². The molecule has 1 amide bonds. The summed E-state index contributed by atoms with van der Waals surface area (Å²) in [7, 11) is 0. The normalized spacial score (nSPS) is 20.1. The molecule has 0 unspecified atom stereocenters. The molecule has 1 aliphatic rings. The first-order valence-electron chi connectivity index (χ1n) is 4.75. The Labute approximate surface area is 93.6 Å². The summed E-state index contributed by atoms with van der Waals surface area (Å²) < 4.78 is 5.01. The van der Waals surface area contributed by atoms with Crippen LogP contribution in [0.3, 0.4) is 0 Å². The fourth-order valence-corrected chi connectivity index (χ4v) is 1.84. The zero-order valence-electron chi connectivity index (χ0n) is 8.13. The van der Waals surface area contributed by atoms with E-state index in [0.29, 0.717) is 13.2 Å². The van der Waals surface area contributed by atoms with Gasteiger partial charge in [-0.05, 0) is 10.9 Å². The number of ether oxygens (including phenoxy) is 1. The molecule has 3 nitrogen and oxygen atoms in total. The van der Waals surface area contributed by atoms with E-state index in [-0.39, 0.29) is 12.1 Å². The first-order valence-corrected chi connectivity index (χ1v) is 5.22. The second-order valence-electron chi connectivity index (χ2n) is 3.32. The Morgan fingerprint density at radius 3 is 2.87 bits per heavy atom. The minimum atomic E-state index is -0.287. The molecule has 0 saturated carbocycles. The van der Waals surface area contributed by atoms with Gasteiger partial charge in [0.25, 0.3) is 0 Å². The van der Waals surface area contributed by atoms with Crippen LogP contribution in [-0.4, -0.2) is 29.5 Å². The molecule has 1 aliphatic heterocycles. The second kappa shape index (κ2) is 4.40. The molecule has 0 aliphatic carbocycles. The van der Waals surface area contributed by atoms with Crippen LogP contribution >= 0.6 is 12.2 Å². The summed E-state index contributed by atoms with van der Waals surface area (Å²) in [5.41, 5.74) is 1.08. The van der Waals surface area contributed by atoms with Crippen molar-refractivity contribution in [3.05, 3.63) is 35.9 Å². The highest BCUT2D eigenvalue weighted by Crippen LogP contribution is 2.26. The van der Waals surface area contributed by atoms with E-state index < -0.39 is 0 Å². The largest absolute Gasteiger partial charge is 0.447 e. The van der Waals surface area contributed by atoms with Gasteiger partial charge in [0, 0.05) is 0 Å². The minimum Gasteiger partial charge on any atom is -0.447 e. The molecule has 1 atom stereocenters. The molecule has 4 heteroatoms. The highest BCUT2D eigenvalue weighted by Gasteiger charge is 2.32. The van der Waals surface area contributed by atoms with Gasteiger partial charge in [0.05, 0.1) is 12.6 Å². The molecule has 1 aromatic rings. The summed E-state index contributed by atoms with van der Waals surface area (Å²) in [5, 5.41) is 1.54. The van der Waals surface area contributed by atoms with Crippen molar-refractivity contribution in [2.75, 3.05) is 13.2 Å². The molecule has 1 fully saturated rings. The van der Waals surface area contributed by atoms with E-state index in [1.165, 1.54) is 0 Å². The van der Waals surface area contributed by atoms with Gasteiger partial charge in [0.1, 0.15) is 6.61 Å². The van der Waals surface area contributed by atoms with Crippen molar-refractivity contribution in [3.63, 3.8) is 0 Å². The minimum absolute atomic E-state index is 0.00194. The van der Waals surface area contributed by atoms with Gasteiger partial charge in [-0.25, -0.2) is 4.79 Å². The zero-order chi connectivity index (χ0) is 10.7. The van der Waals surface area contributed by atoms with Crippen LogP contribution in [-0.2, 0) is 4.74 Å². The fourth-order valence-electron chi connectivity index (χ4n) is 1.68. The fraction of sp³-hybridized carbons (Fsp3) is 0.273. The lowest BCUT2D eigenvalue weighted by molar-refractivity contribution is 0.161. The average Bonchev–Trinajstić information content (AvgIpc) is 2.63. The van der Waals surface area contributed by atoms with E-state index in [1.54, 1.807) is 10.3 Å². The number of carbonyl (C=O) groups is 1. The van der Waals surface area contributed by atoms with Crippen LogP contribution in [0.2, 0.25) is 0 Å². The third-order valence-electron chi connectivity index (χ3n) is 2.43. The molecule has 0 N–H and O–H groups in total. The summed E-state index contributed by atoms with van der Waals surface area (Å²) in [5.74, 6) is 0. The van der Waals surface area contributed by atoms with Gasteiger partial charge in [-0.15, -0.1) is 0 Å². The Balaban J connectivity index is 2.22. The molecular formula is C11H11NO2S. The lowest BCUT2D eigenvalue weighted by atomic mass is 10.1. The molecule has 15 heavy (non-hydrogen) atoms. The van der Waals surface area contributed by atoms with Crippen molar-refractivity contribution >= 4 is 23.7 Å². The molecule has 78 valence electrons. The Hall–Kier alpha value is -1.42. The Kier molecular flexibility index (Phi) is 2.97. The average molecular weight is 221 g/mol. The molecule has 2 rings (SSSR count). The van der Waals surface area contributed by atoms with Gasteiger partial charge in [-0.1, -0.05) is 42.5 Å². The van der Waals surface area contributed by atoms with Crippen LogP contribution in [0.15, 0.2) is 30.3 Å². The van der Waals surface area contributed by atoms with Crippen LogP contribution in [0.4, 0.5) is 4.79 Å². The molecule has 0 radical (unpaired) electrons. The van der Waals surface area contributed by atoms with Crippen molar-refractivity contribution in [2.45, 2.75) is 6.04 Å². The van der Waals surface area contributed by atoms with Crippen molar-refractivity contribution in [2.24, 2.45) is 0 Å². The van der Waals surface area contributed by atoms with Crippen molar-refractivity contribution < 1.29 is 9.53 Å². The van der Waals surface area contributed by atoms with Gasteiger partial charge in [-0.3, -0.25) is 4.90 Å². The lowest BCUT2D eigenvalue weighted by Crippen LogP contribution is -2.28. The van der Waals surface area contributed by atoms with E-state index in [4.69, 9.17) is 17.0 Å². The molecule has 1 aromatic carbocycles. The van der Waals surface area contributed by atoms with Crippen LogP contribution in [0.5, 0.6) is 0 Å². The highest BCUT2D eigenvalue weighted by atomic mass is 32.1. The standard InChI is InChI=1S/C11H11NO2S/c13-11-12(6-7-15)10(8-14-11)9-4-2-1-3-5-9/h1-5,7,10H,6,8H2/t10-/m1/s1. The molecular weight excluding hydrogens is 210 g/mol. The van der Waals surface area contributed by atoms with E-state index in [9.17, 15) is 4.79 Å². The van der Waals surface area contributed by atoms with Crippen LogP contribution in [0.25, 0.3) is 0 Å². The quantitative estimate of drug-likeness (QED) is 0.733. The molecule has 0 spiro atoms. The number of rotatable bonds is 3. The van der Waals surface area contributed by atoms with Crippen LogP contribution in [0, 0.1) is 0 Å². The maximum Gasteiger partial charge on any atom is 0.410 e. The highest BCUT2D eigenvalue weighted by molar-refractivity contribution is 7.79. The first-order chi connectivity index (χ1) is 7.33. The summed E-state index contributed by atoms with van der Waals surface area (Å²) in [6.45, 7) is 0.861. The summed E-state index contributed by atoms with van der Waals surface area (Å²) in [4.78, 5) is 13.0. The summed E-state index contributed by atoms with van der Waals surface area (Å²) in [6, 6.07) is 9.83. The molecule has 0 aromatic heterocycles. The predicted molar refractivity (Wildman–Crippen MR) is 60.9 cm³/mol. The van der Waals surface area contributed by atoms with Gasteiger partial charge >= 0.3 is 6.09 Å². The molecule has 0 bridgehead atoms. The summed E-state index contributed by atoms with van der Waals surface area (Å²) in [6.07, 6.45) is -0.287. The third kappa shape index (κ3) is 1.99. The number of cyclic esters (lactones) is 1. The number of hydrogen-bond acceptors (Lipinski definition) is 3. The smallest absolute Gasteiger partial charge is 0.410 e. The van der Waals surface area contributed by atoms with Crippen LogP contribution in [0.1, 0.15) is 11.6 Å². The number of hydrogen-bond donors (Lipinski definition) is 0. The lowest BCUT2D eigenvalue weighted by Gasteiger charge is -2.19. The number of benzene rings is 1. The zero-order valence-corrected chi connectivity index (χ0v) is 8.94. The topological polar surface area (TPSA) is 29.5 Å². The Morgan fingerprint density at radius 1 is 1.47 bits per heavy atom. The van der Waals surface area contributed by atoms with Crippen LogP contribution < -0.4 is 0 Å². The predicted octanol–water partition coefficient (Wildman–Crippen LogP) is 2.18. The van der Waals surface area contributed by atoms with Crippen molar-refractivity contribution in [1.29, 1.82) is 0 Å². The van der Waals surface area contributed by atoms with Gasteiger partial charge < -0.3 is 4.74 Å². The van der Waals surface area contributed by atoms with E-state index in [0.717, 1.165) is 5.56 Å². The van der Waals surface area contributed by atoms with Gasteiger partial charge in [0.2, 0.25) is 0 Å². The van der Waals surface area contributed by atoms with E-state index in [2.05, 4.69) is 0 Å². The van der Waals surface area contributed by atoms with Gasteiger partial charge in [0.15, 0.2) is 0 Å². The molecule has 1 saturated heterocycles. The van der Waals surface area contributed by atoms with E-state index >= 15 is 0 Å². The monoisotopic (exact) mass is 221 g/mol. The third-order valence-corrected chi connectivity index (χ3v) is 2.58. The second-order valence-corrected chi connectivity index (χ2v) is 3.66. The SMILES string of the molecule is O=C1OC[C@H](c2ccccc2)N1CC=S. The number of thiocarbonyl (C=S) groups is 1. The maximum atomic E-state index is 11.4.